The van der Waals surface area contributed by atoms with Gasteiger partial charge in [-0.25, -0.2) is 9.82 Å². The Kier molecular flexibility index (Phi) is 5.58. The van der Waals surface area contributed by atoms with E-state index in [-0.39, 0.29) is 0 Å². The first kappa shape index (κ1) is 18.8. The molecule has 4 aromatic rings. The number of thiophene rings is 1. The second-order valence-electron chi connectivity index (χ2n) is 6.30. The second-order valence-corrected chi connectivity index (χ2v) is 7.25. The summed E-state index contributed by atoms with van der Waals surface area (Å²) in [4.78, 5) is 13.2. The van der Waals surface area contributed by atoms with Crippen LogP contribution in [-0.4, -0.2) is 21.9 Å². The van der Waals surface area contributed by atoms with Crippen LogP contribution in [0.25, 0.3) is 10.6 Å². The van der Waals surface area contributed by atoms with Crippen LogP contribution in [0.4, 0.5) is 4.39 Å². The third kappa shape index (κ3) is 4.64. The molecule has 4 rings (SSSR count). The molecule has 0 atom stereocenters. The largest absolute Gasteiger partial charge is 0.271 e. The number of hydrogen-bond acceptors (Lipinski definition) is 4. The Hall–Kier alpha value is -3.58. The zero-order chi connectivity index (χ0) is 20.1. The van der Waals surface area contributed by atoms with Crippen molar-refractivity contribution in [2.24, 2.45) is 5.10 Å². The molecular weight excluding hydrogens is 387 g/mol. The fourth-order valence-corrected chi connectivity index (χ4v) is 3.54. The maximum atomic E-state index is 13.0. The molecule has 0 radical (unpaired) electrons. The monoisotopic (exact) mass is 404 g/mol. The Morgan fingerprint density at radius 1 is 1.10 bits per heavy atom. The van der Waals surface area contributed by atoms with Crippen molar-refractivity contribution in [1.82, 2.24) is 15.2 Å². The van der Waals surface area contributed by atoms with Crippen molar-refractivity contribution >= 4 is 23.5 Å². The summed E-state index contributed by atoms with van der Waals surface area (Å²) in [6, 6.07) is 19.3. The summed E-state index contributed by atoms with van der Waals surface area (Å²) in [6.45, 7) is 0.634. The lowest BCUT2D eigenvalue weighted by atomic mass is 10.2. The van der Waals surface area contributed by atoms with Crippen LogP contribution in [0.5, 0.6) is 0 Å². The van der Waals surface area contributed by atoms with E-state index in [1.54, 1.807) is 17.6 Å². The summed E-state index contributed by atoms with van der Waals surface area (Å²) >= 11 is 1.59. The average molecular weight is 404 g/mol. The van der Waals surface area contributed by atoms with E-state index in [1.165, 1.54) is 24.3 Å². The smallest absolute Gasteiger partial charge is 0.267 e. The maximum Gasteiger partial charge on any atom is 0.271 e. The zero-order valence-corrected chi connectivity index (χ0v) is 16.1. The molecule has 0 spiro atoms. The molecule has 0 aliphatic heterocycles. The average Bonchev–Trinajstić information content (AvgIpc) is 3.39. The van der Waals surface area contributed by atoms with E-state index in [2.05, 4.69) is 10.5 Å². The molecule has 0 bridgehead atoms. The molecule has 1 amide bonds. The van der Waals surface area contributed by atoms with E-state index in [4.69, 9.17) is 5.10 Å². The third-order valence-corrected chi connectivity index (χ3v) is 5.08. The van der Waals surface area contributed by atoms with Gasteiger partial charge < -0.3 is 0 Å². The number of hydrogen-bond donors (Lipinski definition) is 1. The number of aromatic nitrogens is 2. The van der Waals surface area contributed by atoms with Gasteiger partial charge in [-0.15, -0.1) is 11.3 Å². The summed E-state index contributed by atoms with van der Waals surface area (Å²) in [5, 5.41) is 10.7. The number of nitrogens with zero attached hydrogens (tertiary/aromatic N) is 3. The fraction of sp³-hybridized carbons (Fsp3) is 0.0455. The molecule has 0 saturated carbocycles. The minimum absolute atomic E-state index is 0.335. The molecule has 1 N–H and O–H groups in total. The number of carbonyl (C=O) groups is 1. The molecule has 0 fully saturated rings. The zero-order valence-electron chi connectivity index (χ0n) is 15.3. The molecule has 0 saturated heterocycles. The summed E-state index contributed by atoms with van der Waals surface area (Å²) < 4.78 is 14.8. The van der Waals surface area contributed by atoms with Crippen LogP contribution in [0.3, 0.4) is 0 Å². The van der Waals surface area contributed by atoms with Crippen molar-refractivity contribution in [2.75, 3.05) is 0 Å². The van der Waals surface area contributed by atoms with Crippen molar-refractivity contribution in [1.29, 1.82) is 0 Å². The molecule has 0 unspecified atom stereocenters. The van der Waals surface area contributed by atoms with Gasteiger partial charge in [-0.1, -0.05) is 36.4 Å². The highest BCUT2D eigenvalue weighted by Gasteiger charge is 2.11. The lowest BCUT2D eigenvalue weighted by Crippen LogP contribution is -2.17. The van der Waals surface area contributed by atoms with Crippen molar-refractivity contribution in [2.45, 2.75) is 6.54 Å². The molecule has 0 aliphatic rings. The highest BCUT2D eigenvalue weighted by atomic mass is 32.1. The molecule has 5 nitrogen and oxygen atoms in total. The molecule has 29 heavy (non-hydrogen) atoms. The molecule has 0 aliphatic carbocycles. The fourth-order valence-electron chi connectivity index (χ4n) is 2.81. The van der Waals surface area contributed by atoms with E-state index in [0.29, 0.717) is 12.1 Å². The number of benzene rings is 2. The summed E-state index contributed by atoms with van der Waals surface area (Å²) in [6.07, 6.45) is 3.47. The normalized spacial score (nSPS) is 11.1. The number of carbonyl (C=O) groups excluding carboxylic acids is 1. The molecular formula is C22H17FN4OS. The lowest BCUT2D eigenvalue weighted by Gasteiger charge is -2.00. The van der Waals surface area contributed by atoms with E-state index >= 15 is 0 Å². The van der Waals surface area contributed by atoms with Gasteiger partial charge in [0, 0.05) is 17.3 Å². The lowest BCUT2D eigenvalue weighted by molar-refractivity contribution is 0.0955. The first-order chi connectivity index (χ1) is 14.2. The number of nitrogens with one attached hydrogen (secondary N) is 1. The summed E-state index contributed by atoms with van der Waals surface area (Å²) in [5.74, 6) is -0.799. The first-order valence-electron chi connectivity index (χ1n) is 8.93. The van der Waals surface area contributed by atoms with E-state index in [0.717, 1.165) is 21.7 Å². The van der Waals surface area contributed by atoms with Crippen molar-refractivity contribution in [3.8, 4) is 10.6 Å². The second kappa shape index (κ2) is 8.62. The summed E-state index contributed by atoms with van der Waals surface area (Å²) in [7, 11) is 0. The third-order valence-electron chi connectivity index (χ3n) is 4.21. The van der Waals surface area contributed by atoms with E-state index < -0.39 is 11.7 Å². The predicted molar refractivity (Wildman–Crippen MR) is 113 cm³/mol. The minimum atomic E-state index is -0.407. The minimum Gasteiger partial charge on any atom is -0.267 e. The van der Waals surface area contributed by atoms with Crippen molar-refractivity contribution in [3.63, 3.8) is 0 Å². The number of hydrazone groups is 1. The molecule has 144 valence electrons. The molecule has 2 aromatic carbocycles. The number of rotatable bonds is 6. The Morgan fingerprint density at radius 2 is 1.90 bits per heavy atom. The van der Waals surface area contributed by atoms with Gasteiger partial charge in [-0.05, 0) is 41.3 Å². The van der Waals surface area contributed by atoms with Gasteiger partial charge in [0.2, 0.25) is 0 Å². The maximum absolute atomic E-state index is 13.0. The molecule has 2 heterocycles. The predicted octanol–water partition coefficient (Wildman–Crippen LogP) is 4.56. The van der Waals surface area contributed by atoms with Gasteiger partial charge in [-0.3, -0.25) is 9.48 Å². The molecule has 7 heteroatoms. The van der Waals surface area contributed by atoms with Crippen LogP contribution in [0.15, 0.2) is 83.4 Å². The Labute approximate surface area is 171 Å². The van der Waals surface area contributed by atoms with Crippen LogP contribution in [-0.2, 0) is 6.54 Å². The van der Waals surface area contributed by atoms with Gasteiger partial charge >= 0.3 is 0 Å². The van der Waals surface area contributed by atoms with Crippen molar-refractivity contribution in [3.05, 3.63) is 101 Å². The summed E-state index contributed by atoms with van der Waals surface area (Å²) in [5.41, 5.74) is 5.54. The Balaban J connectivity index is 1.54. The topological polar surface area (TPSA) is 59.3 Å². The quantitative estimate of drug-likeness (QED) is 0.378. The van der Waals surface area contributed by atoms with Gasteiger partial charge in [0.05, 0.1) is 17.6 Å². The van der Waals surface area contributed by atoms with E-state index in [1.807, 2.05) is 58.7 Å². The number of halogens is 1. The SMILES string of the molecule is O=C(N/N=C\c1cn(Cc2ccccc2)nc1-c1cccs1)c1ccc(F)cc1. The molecule has 2 aromatic heterocycles. The van der Waals surface area contributed by atoms with Gasteiger partial charge in [0.25, 0.3) is 5.91 Å². The van der Waals surface area contributed by atoms with Crippen LogP contribution in [0, 0.1) is 5.82 Å². The van der Waals surface area contributed by atoms with Crippen molar-refractivity contribution < 1.29 is 9.18 Å². The van der Waals surface area contributed by atoms with Gasteiger partial charge in [-0.2, -0.15) is 10.2 Å². The van der Waals surface area contributed by atoms with Gasteiger partial charge in [0.1, 0.15) is 11.5 Å². The van der Waals surface area contributed by atoms with Crippen LogP contribution in [0.1, 0.15) is 21.5 Å². The highest BCUT2D eigenvalue weighted by Crippen LogP contribution is 2.26. The Morgan fingerprint density at radius 3 is 2.62 bits per heavy atom. The van der Waals surface area contributed by atoms with Gasteiger partial charge in [0.15, 0.2) is 0 Å². The first-order valence-corrected chi connectivity index (χ1v) is 9.81. The van der Waals surface area contributed by atoms with Crippen LogP contribution < -0.4 is 5.43 Å². The highest BCUT2D eigenvalue weighted by molar-refractivity contribution is 7.13. The van der Waals surface area contributed by atoms with E-state index in [9.17, 15) is 9.18 Å². The Bertz CT molecular complexity index is 1120. The standard InChI is InChI=1S/C22H17FN4OS/c23-19-10-8-17(9-11-19)22(28)25-24-13-18-15-27(14-16-5-2-1-3-6-16)26-21(18)20-7-4-12-29-20/h1-13,15H,14H2,(H,25,28)/b24-13-. The van der Waals surface area contributed by atoms with Crippen LogP contribution >= 0.6 is 11.3 Å². The van der Waals surface area contributed by atoms with Crippen LogP contribution in [0.2, 0.25) is 0 Å². The number of amides is 1.